The summed E-state index contributed by atoms with van der Waals surface area (Å²) in [5.74, 6) is -1.36. The zero-order valence-corrected chi connectivity index (χ0v) is 12.2. The molecule has 0 aromatic heterocycles. The molecule has 0 heterocycles. The monoisotopic (exact) mass is 297 g/mol. The van der Waals surface area contributed by atoms with E-state index in [1.165, 1.54) is 0 Å². The fourth-order valence-electron chi connectivity index (χ4n) is 2.26. The van der Waals surface area contributed by atoms with Crippen LogP contribution < -0.4 is 5.32 Å². The van der Waals surface area contributed by atoms with Gasteiger partial charge in [-0.15, -0.1) is 0 Å². The van der Waals surface area contributed by atoms with Gasteiger partial charge in [-0.1, -0.05) is 60.7 Å². The molecule has 0 radical (unpaired) electrons. The average molecular weight is 297 g/mol. The summed E-state index contributed by atoms with van der Waals surface area (Å²) < 4.78 is 0. The molecule has 0 aliphatic heterocycles. The molecule has 114 valence electrons. The van der Waals surface area contributed by atoms with Crippen LogP contribution in [0.1, 0.15) is 15.9 Å². The minimum atomic E-state index is -0.795. The number of hydrogen-bond acceptors (Lipinski definition) is 3. The second-order valence-electron chi connectivity index (χ2n) is 4.99. The van der Waals surface area contributed by atoms with E-state index >= 15 is 0 Å². The van der Waals surface area contributed by atoms with E-state index in [1.807, 2.05) is 36.4 Å². The van der Waals surface area contributed by atoms with Crippen molar-refractivity contribution in [3.63, 3.8) is 0 Å². The van der Waals surface area contributed by atoms with Crippen molar-refractivity contribution >= 4 is 11.7 Å². The molecular formula is C18H19NO3. The lowest BCUT2D eigenvalue weighted by Crippen LogP contribution is -2.38. The highest BCUT2D eigenvalue weighted by atomic mass is 16.3. The van der Waals surface area contributed by atoms with E-state index in [0.29, 0.717) is 12.0 Å². The predicted octanol–water partition coefficient (Wildman–Crippen LogP) is 1.84. The second kappa shape index (κ2) is 8.10. The van der Waals surface area contributed by atoms with E-state index in [4.69, 9.17) is 5.11 Å². The van der Waals surface area contributed by atoms with Crippen LogP contribution in [0.4, 0.5) is 0 Å². The number of nitrogens with one attached hydrogen (secondary N) is 1. The number of aliphatic hydroxyl groups excluding tert-OH is 1. The highest BCUT2D eigenvalue weighted by Crippen LogP contribution is 2.15. The van der Waals surface area contributed by atoms with Crippen LogP contribution >= 0.6 is 0 Å². The van der Waals surface area contributed by atoms with Crippen molar-refractivity contribution < 1.29 is 14.7 Å². The molecule has 2 N–H and O–H groups in total. The number of rotatable bonds is 7. The van der Waals surface area contributed by atoms with Gasteiger partial charge in [0.2, 0.25) is 5.91 Å². The Morgan fingerprint density at radius 3 is 2.14 bits per heavy atom. The summed E-state index contributed by atoms with van der Waals surface area (Å²) in [6, 6.07) is 18.2. The highest BCUT2D eigenvalue weighted by Gasteiger charge is 2.27. The number of carbonyl (C=O) groups is 2. The third kappa shape index (κ3) is 4.27. The van der Waals surface area contributed by atoms with Gasteiger partial charge in [0, 0.05) is 12.1 Å². The van der Waals surface area contributed by atoms with Gasteiger partial charge in [-0.05, 0) is 12.0 Å². The van der Waals surface area contributed by atoms with Gasteiger partial charge in [-0.25, -0.2) is 0 Å². The molecule has 22 heavy (non-hydrogen) atoms. The normalized spacial score (nSPS) is 11.7. The fraction of sp³-hybridized carbons (Fsp3) is 0.222. The summed E-state index contributed by atoms with van der Waals surface area (Å²) in [6.45, 7) is -0.00445. The molecule has 2 rings (SSSR count). The van der Waals surface area contributed by atoms with Crippen LogP contribution in [0.25, 0.3) is 0 Å². The Labute approximate surface area is 129 Å². The van der Waals surface area contributed by atoms with E-state index < -0.39 is 5.92 Å². The summed E-state index contributed by atoms with van der Waals surface area (Å²) in [4.78, 5) is 24.9. The summed E-state index contributed by atoms with van der Waals surface area (Å²) in [5, 5.41) is 11.4. The number of amides is 1. The van der Waals surface area contributed by atoms with E-state index in [1.54, 1.807) is 24.3 Å². The summed E-state index contributed by atoms with van der Waals surface area (Å²) in [7, 11) is 0. The van der Waals surface area contributed by atoms with Gasteiger partial charge in [0.1, 0.15) is 5.92 Å². The van der Waals surface area contributed by atoms with E-state index in [2.05, 4.69) is 5.32 Å². The van der Waals surface area contributed by atoms with Crippen molar-refractivity contribution in [2.24, 2.45) is 5.92 Å². The van der Waals surface area contributed by atoms with Crippen LogP contribution in [0, 0.1) is 5.92 Å². The fourth-order valence-corrected chi connectivity index (χ4v) is 2.26. The van der Waals surface area contributed by atoms with Gasteiger partial charge in [0.05, 0.1) is 6.61 Å². The number of Topliss-reactive ketones (excluding diaryl/α,β-unsaturated/α-hetero) is 1. The molecule has 1 amide bonds. The molecule has 4 nitrogen and oxygen atoms in total. The Balaban J connectivity index is 2.21. The molecule has 0 saturated carbocycles. The number of aliphatic hydroxyl groups is 1. The number of hydrogen-bond donors (Lipinski definition) is 2. The third-order valence-corrected chi connectivity index (χ3v) is 3.38. The van der Waals surface area contributed by atoms with Crippen LogP contribution in [0.2, 0.25) is 0 Å². The van der Waals surface area contributed by atoms with Crippen LogP contribution in [0.15, 0.2) is 60.7 Å². The molecule has 0 fully saturated rings. The lowest BCUT2D eigenvalue weighted by Gasteiger charge is -2.16. The van der Waals surface area contributed by atoms with Crippen molar-refractivity contribution in [1.82, 2.24) is 5.32 Å². The number of benzene rings is 2. The highest BCUT2D eigenvalue weighted by molar-refractivity contribution is 6.10. The van der Waals surface area contributed by atoms with Gasteiger partial charge in [0.25, 0.3) is 0 Å². The smallest absolute Gasteiger partial charge is 0.231 e. The maximum atomic E-state index is 12.6. The molecule has 0 bridgehead atoms. The van der Waals surface area contributed by atoms with Crippen molar-refractivity contribution in [2.75, 3.05) is 13.2 Å². The van der Waals surface area contributed by atoms with Crippen molar-refractivity contribution in [3.8, 4) is 0 Å². The Morgan fingerprint density at radius 1 is 0.955 bits per heavy atom. The van der Waals surface area contributed by atoms with Crippen LogP contribution in [-0.2, 0) is 11.2 Å². The van der Waals surface area contributed by atoms with Crippen LogP contribution in [-0.4, -0.2) is 29.9 Å². The third-order valence-electron chi connectivity index (χ3n) is 3.38. The maximum absolute atomic E-state index is 12.6. The topological polar surface area (TPSA) is 66.4 Å². The van der Waals surface area contributed by atoms with Crippen molar-refractivity contribution in [2.45, 2.75) is 6.42 Å². The van der Waals surface area contributed by atoms with E-state index in [-0.39, 0.29) is 24.8 Å². The Morgan fingerprint density at radius 2 is 1.55 bits per heavy atom. The summed E-state index contributed by atoms with van der Waals surface area (Å²) in [6.07, 6.45) is 0.339. The molecule has 0 spiro atoms. The average Bonchev–Trinajstić information content (AvgIpc) is 2.58. The van der Waals surface area contributed by atoms with Crippen LogP contribution in [0.3, 0.4) is 0 Å². The van der Waals surface area contributed by atoms with Crippen molar-refractivity contribution in [3.05, 3.63) is 71.8 Å². The molecule has 4 heteroatoms. The lowest BCUT2D eigenvalue weighted by atomic mass is 9.90. The summed E-state index contributed by atoms with van der Waals surface area (Å²) >= 11 is 0. The minimum Gasteiger partial charge on any atom is -0.395 e. The quantitative estimate of drug-likeness (QED) is 0.605. The molecule has 0 aliphatic rings. The molecule has 2 aromatic rings. The molecule has 1 unspecified atom stereocenters. The lowest BCUT2D eigenvalue weighted by molar-refractivity contribution is -0.123. The Bertz CT molecular complexity index is 611. The predicted molar refractivity (Wildman–Crippen MR) is 84.5 cm³/mol. The largest absolute Gasteiger partial charge is 0.395 e. The zero-order chi connectivity index (χ0) is 15.8. The molecular weight excluding hydrogens is 278 g/mol. The first kappa shape index (κ1) is 15.9. The van der Waals surface area contributed by atoms with E-state index in [9.17, 15) is 9.59 Å². The SMILES string of the molecule is O=C(NCCO)C(Cc1ccccc1)C(=O)c1ccccc1. The minimum absolute atomic E-state index is 0.145. The van der Waals surface area contributed by atoms with Crippen LogP contribution in [0.5, 0.6) is 0 Å². The number of carbonyl (C=O) groups excluding carboxylic acids is 2. The first-order valence-corrected chi connectivity index (χ1v) is 7.24. The zero-order valence-electron chi connectivity index (χ0n) is 12.2. The summed E-state index contributed by atoms with van der Waals surface area (Å²) in [5.41, 5.74) is 1.44. The molecule has 0 aliphatic carbocycles. The first-order valence-electron chi connectivity index (χ1n) is 7.24. The first-order chi connectivity index (χ1) is 10.7. The van der Waals surface area contributed by atoms with Gasteiger partial charge in [-0.3, -0.25) is 9.59 Å². The molecule has 0 saturated heterocycles. The molecule has 1 atom stereocenters. The van der Waals surface area contributed by atoms with Gasteiger partial charge in [0.15, 0.2) is 5.78 Å². The Hall–Kier alpha value is -2.46. The van der Waals surface area contributed by atoms with E-state index in [0.717, 1.165) is 5.56 Å². The van der Waals surface area contributed by atoms with Gasteiger partial charge >= 0.3 is 0 Å². The number of ketones is 1. The van der Waals surface area contributed by atoms with Crippen molar-refractivity contribution in [1.29, 1.82) is 0 Å². The Kier molecular flexibility index (Phi) is 5.86. The standard InChI is InChI=1S/C18H19NO3/c20-12-11-19-18(22)16(13-14-7-3-1-4-8-14)17(21)15-9-5-2-6-10-15/h1-10,16,20H,11-13H2,(H,19,22). The molecule has 2 aromatic carbocycles. The van der Waals surface area contributed by atoms with Gasteiger partial charge in [-0.2, -0.15) is 0 Å². The maximum Gasteiger partial charge on any atom is 0.231 e. The second-order valence-corrected chi connectivity index (χ2v) is 4.99. The van der Waals surface area contributed by atoms with Gasteiger partial charge < -0.3 is 10.4 Å².